The van der Waals surface area contributed by atoms with Crippen molar-refractivity contribution in [2.75, 3.05) is 6.54 Å². The standard InChI is InChI=1S/C18H26N4O2/c1-4-5-17(23)12-20-18(24)21-13(2)15-6-8-16(9-7-15)22-11-10-19-14(22)3/h6-11,13,17,23H,4-5,12H2,1-3H3,(H2,20,21,24). The van der Waals surface area contributed by atoms with Crippen molar-refractivity contribution < 1.29 is 9.90 Å². The molecule has 1 aromatic heterocycles. The predicted molar refractivity (Wildman–Crippen MR) is 94.2 cm³/mol. The van der Waals surface area contributed by atoms with E-state index in [-0.39, 0.29) is 18.6 Å². The van der Waals surface area contributed by atoms with Crippen molar-refractivity contribution in [2.24, 2.45) is 0 Å². The van der Waals surface area contributed by atoms with E-state index in [0.717, 1.165) is 23.5 Å². The molecule has 0 saturated heterocycles. The average Bonchev–Trinajstić information content (AvgIpc) is 2.99. The zero-order chi connectivity index (χ0) is 17.5. The fourth-order valence-electron chi connectivity index (χ4n) is 2.55. The van der Waals surface area contributed by atoms with E-state index >= 15 is 0 Å². The summed E-state index contributed by atoms with van der Waals surface area (Å²) in [6, 6.07) is 7.60. The van der Waals surface area contributed by atoms with Crippen LogP contribution in [0.3, 0.4) is 0 Å². The van der Waals surface area contributed by atoms with Crippen LogP contribution in [0.4, 0.5) is 4.79 Å². The minimum atomic E-state index is -0.492. The van der Waals surface area contributed by atoms with Gasteiger partial charge in [-0.25, -0.2) is 9.78 Å². The second-order valence-corrected chi connectivity index (χ2v) is 5.95. The number of aliphatic hydroxyl groups is 1. The van der Waals surface area contributed by atoms with Gasteiger partial charge in [0.05, 0.1) is 12.1 Å². The SMILES string of the molecule is CCCC(O)CNC(=O)NC(C)c1ccc(-n2ccnc2C)cc1. The molecular formula is C18H26N4O2. The van der Waals surface area contributed by atoms with E-state index in [4.69, 9.17) is 0 Å². The lowest BCUT2D eigenvalue weighted by Crippen LogP contribution is -2.40. The molecule has 2 unspecified atom stereocenters. The maximum atomic E-state index is 11.9. The van der Waals surface area contributed by atoms with E-state index in [9.17, 15) is 9.90 Å². The second-order valence-electron chi connectivity index (χ2n) is 5.95. The van der Waals surface area contributed by atoms with Crippen LogP contribution < -0.4 is 10.6 Å². The van der Waals surface area contributed by atoms with Crippen molar-refractivity contribution in [1.29, 1.82) is 0 Å². The van der Waals surface area contributed by atoms with Gasteiger partial charge in [0, 0.05) is 24.6 Å². The molecule has 2 aromatic rings. The number of hydrogen-bond acceptors (Lipinski definition) is 3. The van der Waals surface area contributed by atoms with Crippen LogP contribution in [0.25, 0.3) is 5.69 Å². The zero-order valence-electron chi connectivity index (χ0n) is 14.5. The lowest BCUT2D eigenvalue weighted by atomic mass is 10.1. The molecule has 0 fully saturated rings. The molecule has 0 aliphatic rings. The summed E-state index contributed by atoms with van der Waals surface area (Å²) >= 11 is 0. The predicted octanol–water partition coefficient (Wildman–Crippen LogP) is 2.70. The Morgan fingerprint density at radius 1 is 1.33 bits per heavy atom. The maximum absolute atomic E-state index is 11.9. The average molecular weight is 330 g/mol. The third-order valence-corrected chi connectivity index (χ3v) is 3.96. The molecule has 2 rings (SSSR count). The normalized spacial score (nSPS) is 13.3. The summed E-state index contributed by atoms with van der Waals surface area (Å²) in [6.45, 7) is 6.15. The summed E-state index contributed by atoms with van der Waals surface area (Å²) < 4.78 is 2.00. The van der Waals surface area contributed by atoms with E-state index in [1.54, 1.807) is 6.20 Å². The fourth-order valence-corrected chi connectivity index (χ4v) is 2.55. The molecule has 2 amide bonds. The number of aromatic nitrogens is 2. The molecule has 24 heavy (non-hydrogen) atoms. The van der Waals surface area contributed by atoms with Gasteiger partial charge >= 0.3 is 6.03 Å². The Morgan fingerprint density at radius 2 is 2.04 bits per heavy atom. The Bertz CT molecular complexity index is 651. The van der Waals surface area contributed by atoms with Crippen molar-refractivity contribution in [3.63, 3.8) is 0 Å². The van der Waals surface area contributed by atoms with Crippen LogP contribution >= 0.6 is 0 Å². The second kappa shape index (κ2) is 8.49. The topological polar surface area (TPSA) is 79.2 Å². The van der Waals surface area contributed by atoms with E-state index in [1.807, 2.05) is 55.8 Å². The largest absolute Gasteiger partial charge is 0.391 e. The highest BCUT2D eigenvalue weighted by molar-refractivity contribution is 5.74. The summed E-state index contributed by atoms with van der Waals surface area (Å²) in [5.41, 5.74) is 2.05. The molecule has 6 nitrogen and oxygen atoms in total. The van der Waals surface area contributed by atoms with Crippen LogP contribution in [0.1, 0.15) is 44.1 Å². The van der Waals surface area contributed by atoms with Crippen LogP contribution in [0, 0.1) is 6.92 Å². The number of urea groups is 1. The highest BCUT2D eigenvalue weighted by Crippen LogP contribution is 2.16. The molecule has 0 spiro atoms. The lowest BCUT2D eigenvalue weighted by Gasteiger charge is -2.17. The molecule has 0 bridgehead atoms. The number of carbonyl (C=O) groups excluding carboxylic acids is 1. The molecule has 3 N–H and O–H groups in total. The highest BCUT2D eigenvalue weighted by atomic mass is 16.3. The van der Waals surface area contributed by atoms with Gasteiger partial charge < -0.3 is 20.3 Å². The summed E-state index contributed by atoms with van der Waals surface area (Å²) in [5.74, 6) is 0.930. The van der Waals surface area contributed by atoms with Crippen molar-refractivity contribution >= 4 is 6.03 Å². The Morgan fingerprint density at radius 3 is 2.62 bits per heavy atom. The first kappa shape index (κ1) is 18.0. The summed E-state index contributed by atoms with van der Waals surface area (Å²) in [6.07, 6.45) is 4.77. The minimum Gasteiger partial charge on any atom is -0.391 e. The number of aliphatic hydroxyl groups excluding tert-OH is 1. The highest BCUT2D eigenvalue weighted by Gasteiger charge is 2.11. The molecule has 0 aliphatic carbocycles. The molecule has 0 radical (unpaired) electrons. The van der Waals surface area contributed by atoms with Gasteiger partial charge in [-0.15, -0.1) is 0 Å². The van der Waals surface area contributed by atoms with Crippen molar-refractivity contribution in [3.8, 4) is 5.69 Å². The van der Waals surface area contributed by atoms with Gasteiger partial charge in [0.25, 0.3) is 0 Å². The first-order chi connectivity index (χ1) is 11.5. The van der Waals surface area contributed by atoms with Crippen LogP contribution in [0.15, 0.2) is 36.7 Å². The lowest BCUT2D eigenvalue weighted by molar-refractivity contribution is 0.160. The van der Waals surface area contributed by atoms with Crippen molar-refractivity contribution in [2.45, 2.75) is 45.8 Å². The Kier molecular flexibility index (Phi) is 6.37. The Hall–Kier alpha value is -2.34. The number of benzene rings is 1. The number of nitrogens with one attached hydrogen (secondary N) is 2. The third kappa shape index (κ3) is 4.83. The number of imidazole rings is 1. The minimum absolute atomic E-state index is 0.119. The van der Waals surface area contributed by atoms with E-state index in [2.05, 4.69) is 15.6 Å². The molecule has 2 atom stereocenters. The van der Waals surface area contributed by atoms with Crippen LogP contribution in [0.5, 0.6) is 0 Å². The molecule has 6 heteroatoms. The van der Waals surface area contributed by atoms with Crippen molar-refractivity contribution in [1.82, 2.24) is 20.2 Å². The molecule has 0 aliphatic heterocycles. The Balaban J connectivity index is 1.89. The first-order valence-corrected chi connectivity index (χ1v) is 8.34. The third-order valence-electron chi connectivity index (χ3n) is 3.96. The van der Waals surface area contributed by atoms with Gasteiger partial charge in [-0.05, 0) is 38.0 Å². The van der Waals surface area contributed by atoms with Crippen LogP contribution in [-0.2, 0) is 0 Å². The van der Waals surface area contributed by atoms with Gasteiger partial charge in [-0.1, -0.05) is 25.5 Å². The molecule has 0 saturated carbocycles. The number of aryl methyl sites for hydroxylation is 1. The monoisotopic (exact) mass is 330 g/mol. The number of amides is 2. The number of nitrogens with zero attached hydrogens (tertiary/aromatic N) is 2. The van der Waals surface area contributed by atoms with Crippen molar-refractivity contribution in [3.05, 3.63) is 48.0 Å². The van der Waals surface area contributed by atoms with Crippen LogP contribution in [0.2, 0.25) is 0 Å². The quantitative estimate of drug-likeness (QED) is 0.730. The van der Waals surface area contributed by atoms with Gasteiger partial charge in [0.15, 0.2) is 0 Å². The van der Waals surface area contributed by atoms with Gasteiger partial charge in [0.1, 0.15) is 5.82 Å². The molecule has 130 valence electrons. The van der Waals surface area contributed by atoms with E-state index in [1.165, 1.54) is 0 Å². The van der Waals surface area contributed by atoms with Gasteiger partial charge in [-0.2, -0.15) is 0 Å². The first-order valence-electron chi connectivity index (χ1n) is 8.34. The number of carbonyl (C=O) groups is 1. The molecule has 1 heterocycles. The van der Waals surface area contributed by atoms with Gasteiger partial charge in [-0.3, -0.25) is 0 Å². The van der Waals surface area contributed by atoms with Crippen LogP contribution in [-0.4, -0.2) is 33.3 Å². The number of hydrogen-bond donors (Lipinski definition) is 3. The fraction of sp³-hybridized carbons (Fsp3) is 0.444. The Labute approximate surface area is 142 Å². The smallest absolute Gasteiger partial charge is 0.315 e. The van der Waals surface area contributed by atoms with E-state index in [0.29, 0.717) is 6.42 Å². The molecular weight excluding hydrogens is 304 g/mol. The molecule has 1 aromatic carbocycles. The number of rotatable bonds is 7. The summed E-state index contributed by atoms with van der Waals surface area (Å²) in [4.78, 5) is 16.1. The zero-order valence-corrected chi connectivity index (χ0v) is 14.5. The van der Waals surface area contributed by atoms with Gasteiger partial charge in [0.2, 0.25) is 0 Å². The summed E-state index contributed by atoms with van der Waals surface area (Å²) in [7, 11) is 0. The maximum Gasteiger partial charge on any atom is 0.315 e. The summed E-state index contributed by atoms with van der Waals surface area (Å²) in [5, 5.41) is 15.2. The van der Waals surface area contributed by atoms with E-state index < -0.39 is 6.10 Å².